The summed E-state index contributed by atoms with van der Waals surface area (Å²) in [5.74, 6) is -0.687. The van der Waals surface area contributed by atoms with Crippen LogP contribution in [-0.2, 0) is 25.4 Å². The zero-order valence-corrected chi connectivity index (χ0v) is 14.6. The molecule has 0 spiro atoms. The molecule has 0 N–H and O–H groups in total. The highest BCUT2D eigenvalue weighted by molar-refractivity contribution is 5.93. The van der Waals surface area contributed by atoms with Gasteiger partial charge in [-0.1, -0.05) is 30.3 Å². The van der Waals surface area contributed by atoms with Crippen molar-refractivity contribution in [3.05, 3.63) is 35.9 Å². The Hall–Kier alpha value is -1.92. The minimum Gasteiger partial charge on any atom is -0.447 e. The first-order valence-electron chi connectivity index (χ1n) is 8.88. The third-order valence-corrected chi connectivity index (χ3v) is 4.71. The second-order valence-electron chi connectivity index (χ2n) is 6.72. The number of hydrogen-bond donors (Lipinski definition) is 0. The van der Waals surface area contributed by atoms with E-state index in [-0.39, 0.29) is 18.6 Å². The number of cyclic esters (lactones) is 1. The molecule has 0 aromatic heterocycles. The van der Waals surface area contributed by atoms with Crippen LogP contribution in [0.1, 0.15) is 38.2 Å². The van der Waals surface area contributed by atoms with E-state index in [1.807, 2.05) is 37.3 Å². The SMILES string of the molecule is CC1(CCCCC(=O)N2C(=O)OC[C@@H]2Cc2ccccc2)OCCO1. The minimum absolute atomic E-state index is 0.165. The molecule has 1 atom stereocenters. The summed E-state index contributed by atoms with van der Waals surface area (Å²) in [6.07, 6.45) is 2.69. The van der Waals surface area contributed by atoms with Gasteiger partial charge in [0.05, 0.1) is 19.3 Å². The van der Waals surface area contributed by atoms with Crippen molar-refractivity contribution in [2.75, 3.05) is 19.8 Å². The van der Waals surface area contributed by atoms with Crippen molar-refractivity contribution >= 4 is 12.0 Å². The van der Waals surface area contributed by atoms with Crippen molar-refractivity contribution in [1.82, 2.24) is 4.90 Å². The number of unbranched alkanes of at least 4 members (excludes halogenated alkanes) is 1. The lowest BCUT2D eigenvalue weighted by atomic mass is 10.0. The summed E-state index contributed by atoms with van der Waals surface area (Å²) in [5.41, 5.74) is 1.09. The number of ether oxygens (including phenoxy) is 3. The van der Waals surface area contributed by atoms with Crippen molar-refractivity contribution in [2.45, 2.75) is 50.9 Å². The molecule has 0 radical (unpaired) electrons. The molecular weight excluding hydrogens is 322 g/mol. The second-order valence-corrected chi connectivity index (χ2v) is 6.72. The summed E-state index contributed by atoms with van der Waals surface area (Å²) in [4.78, 5) is 25.7. The Bertz CT molecular complexity index is 597. The predicted molar refractivity (Wildman–Crippen MR) is 90.9 cm³/mol. The lowest BCUT2D eigenvalue weighted by molar-refractivity contribution is -0.148. The lowest BCUT2D eigenvalue weighted by Gasteiger charge is -2.22. The molecule has 1 aromatic rings. The van der Waals surface area contributed by atoms with Crippen molar-refractivity contribution < 1.29 is 23.8 Å². The minimum atomic E-state index is -0.527. The fourth-order valence-electron chi connectivity index (χ4n) is 3.35. The van der Waals surface area contributed by atoms with Crippen LogP contribution in [0.3, 0.4) is 0 Å². The lowest BCUT2D eigenvalue weighted by Crippen LogP contribution is -2.40. The Balaban J connectivity index is 1.48. The number of carbonyl (C=O) groups is 2. The third kappa shape index (κ3) is 4.58. The molecule has 2 saturated heterocycles. The van der Waals surface area contributed by atoms with Gasteiger partial charge in [-0.25, -0.2) is 9.69 Å². The molecular formula is C19H25NO5. The standard InChI is InChI=1S/C19H25NO5/c1-19(24-11-12-25-19)10-6-5-9-17(21)20-16(14-23-18(20)22)13-15-7-3-2-4-8-15/h2-4,7-8,16H,5-6,9-14H2,1H3/t16-/m0/s1. The van der Waals surface area contributed by atoms with Gasteiger partial charge in [-0.2, -0.15) is 0 Å². The van der Waals surface area contributed by atoms with E-state index in [1.165, 1.54) is 4.90 Å². The molecule has 2 aliphatic heterocycles. The average molecular weight is 347 g/mol. The maximum absolute atomic E-state index is 12.5. The summed E-state index contributed by atoms with van der Waals surface area (Å²) in [5, 5.41) is 0. The number of amides is 2. The van der Waals surface area contributed by atoms with Crippen LogP contribution in [0.15, 0.2) is 30.3 Å². The highest BCUT2D eigenvalue weighted by atomic mass is 16.7. The smallest absolute Gasteiger partial charge is 0.416 e. The molecule has 3 rings (SSSR count). The fourth-order valence-corrected chi connectivity index (χ4v) is 3.35. The molecule has 2 aliphatic rings. The quantitative estimate of drug-likeness (QED) is 0.710. The van der Waals surface area contributed by atoms with Crippen LogP contribution in [-0.4, -0.2) is 48.5 Å². The summed E-state index contributed by atoms with van der Waals surface area (Å²) in [7, 11) is 0. The van der Waals surface area contributed by atoms with E-state index in [2.05, 4.69) is 0 Å². The maximum atomic E-state index is 12.5. The van der Waals surface area contributed by atoms with Crippen molar-refractivity contribution in [2.24, 2.45) is 0 Å². The van der Waals surface area contributed by atoms with E-state index in [0.717, 1.165) is 18.4 Å². The van der Waals surface area contributed by atoms with Gasteiger partial charge in [0.25, 0.3) is 0 Å². The topological polar surface area (TPSA) is 65.1 Å². The van der Waals surface area contributed by atoms with Crippen molar-refractivity contribution in [1.29, 1.82) is 0 Å². The molecule has 6 heteroatoms. The second kappa shape index (κ2) is 7.97. The van der Waals surface area contributed by atoms with Crippen LogP contribution in [0.4, 0.5) is 4.79 Å². The molecule has 25 heavy (non-hydrogen) atoms. The monoisotopic (exact) mass is 347 g/mol. The van der Waals surface area contributed by atoms with Gasteiger partial charge in [-0.3, -0.25) is 4.79 Å². The first kappa shape index (κ1) is 17.9. The zero-order valence-electron chi connectivity index (χ0n) is 14.6. The first-order valence-corrected chi connectivity index (χ1v) is 8.88. The van der Waals surface area contributed by atoms with E-state index in [4.69, 9.17) is 14.2 Å². The molecule has 2 amide bonds. The largest absolute Gasteiger partial charge is 0.447 e. The maximum Gasteiger partial charge on any atom is 0.416 e. The normalized spacial score (nSPS) is 22.2. The fraction of sp³-hybridized carbons (Fsp3) is 0.579. The molecule has 0 saturated carbocycles. The number of carbonyl (C=O) groups excluding carboxylic acids is 2. The summed E-state index contributed by atoms with van der Waals surface area (Å²) < 4.78 is 16.2. The summed E-state index contributed by atoms with van der Waals surface area (Å²) >= 11 is 0. The van der Waals surface area contributed by atoms with Gasteiger partial charge in [-0.15, -0.1) is 0 Å². The summed E-state index contributed by atoms with van der Waals surface area (Å²) in [6.45, 7) is 3.43. The predicted octanol–water partition coefficient (Wildman–Crippen LogP) is 2.90. The van der Waals surface area contributed by atoms with Gasteiger partial charge in [0.2, 0.25) is 5.91 Å². The van der Waals surface area contributed by atoms with Crippen LogP contribution in [0.2, 0.25) is 0 Å². The highest BCUT2D eigenvalue weighted by Crippen LogP contribution is 2.25. The van der Waals surface area contributed by atoms with Gasteiger partial charge >= 0.3 is 6.09 Å². The number of hydrogen-bond acceptors (Lipinski definition) is 5. The van der Waals surface area contributed by atoms with Gasteiger partial charge in [-0.05, 0) is 31.7 Å². The number of rotatable bonds is 7. The number of nitrogens with zero attached hydrogens (tertiary/aromatic N) is 1. The molecule has 0 bridgehead atoms. The van der Waals surface area contributed by atoms with Gasteiger partial charge in [0.15, 0.2) is 5.79 Å². The van der Waals surface area contributed by atoms with Crippen LogP contribution in [0.25, 0.3) is 0 Å². The third-order valence-electron chi connectivity index (χ3n) is 4.71. The Morgan fingerprint density at radius 2 is 1.92 bits per heavy atom. The van der Waals surface area contributed by atoms with Crippen molar-refractivity contribution in [3.8, 4) is 0 Å². The number of imide groups is 1. The van der Waals surface area contributed by atoms with E-state index in [0.29, 0.717) is 32.5 Å². The van der Waals surface area contributed by atoms with Crippen molar-refractivity contribution in [3.63, 3.8) is 0 Å². The van der Waals surface area contributed by atoms with Crippen LogP contribution in [0, 0.1) is 0 Å². The van der Waals surface area contributed by atoms with Crippen LogP contribution < -0.4 is 0 Å². The Morgan fingerprint density at radius 3 is 2.64 bits per heavy atom. The molecule has 6 nitrogen and oxygen atoms in total. The number of benzene rings is 1. The van der Waals surface area contributed by atoms with Gasteiger partial charge < -0.3 is 14.2 Å². The zero-order chi connectivity index (χ0) is 17.7. The molecule has 1 aromatic carbocycles. The molecule has 2 heterocycles. The van der Waals surface area contributed by atoms with E-state index >= 15 is 0 Å². The first-order chi connectivity index (χ1) is 12.1. The van der Waals surface area contributed by atoms with E-state index < -0.39 is 11.9 Å². The van der Waals surface area contributed by atoms with Crippen LogP contribution in [0.5, 0.6) is 0 Å². The Morgan fingerprint density at radius 1 is 1.20 bits per heavy atom. The molecule has 0 aliphatic carbocycles. The van der Waals surface area contributed by atoms with Gasteiger partial charge in [0, 0.05) is 12.8 Å². The van der Waals surface area contributed by atoms with E-state index in [9.17, 15) is 9.59 Å². The average Bonchev–Trinajstić information content (AvgIpc) is 3.19. The highest BCUT2D eigenvalue weighted by Gasteiger charge is 2.37. The summed E-state index contributed by atoms with van der Waals surface area (Å²) in [6, 6.07) is 9.61. The van der Waals surface area contributed by atoms with E-state index in [1.54, 1.807) is 0 Å². The Kier molecular flexibility index (Phi) is 5.71. The molecule has 2 fully saturated rings. The van der Waals surface area contributed by atoms with Gasteiger partial charge in [0.1, 0.15) is 6.61 Å². The molecule has 136 valence electrons. The molecule has 0 unspecified atom stereocenters. The Labute approximate surface area is 148 Å². The van der Waals surface area contributed by atoms with Crippen LogP contribution >= 0.6 is 0 Å².